The number of nitrogens with one attached hydrogen (secondary N) is 1. The van der Waals surface area contributed by atoms with Gasteiger partial charge in [-0.1, -0.05) is 43.3 Å². The van der Waals surface area contributed by atoms with Gasteiger partial charge in [-0.15, -0.1) is 0 Å². The predicted octanol–water partition coefficient (Wildman–Crippen LogP) is 1.17. The third-order valence-electron chi connectivity index (χ3n) is 3.57. The summed E-state index contributed by atoms with van der Waals surface area (Å²) in [6.07, 6.45) is 0.874. The van der Waals surface area contributed by atoms with Crippen molar-refractivity contribution in [1.29, 1.82) is 0 Å². The zero-order valence-electron chi connectivity index (χ0n) is 13.7. The summed E-state index contributed by atoms with van der Waals surface area (Å²) in [5.41, 5.74) is 2.03. The van der Waals surface area contributed by atoms with E-state index in [0.717, 1.165) is 12.0 Å². The van der Waals surface area contributed by atoms with Gasteiger partial charge in [0.2, 0.25) is 5.91 Å². The maximum atomic E-state index is 12.1. The van der Waals surface area contributed by atoms with E-state index in [4.69, 9.17) is 0 Å². The van der Waals surface area contributed by atoms with E-state index in [2.05, 4.69) is 5.32 Å². The van der Waals surface area contributed by atoms with E-state index in [9.17, 15) is 23.1 Å². The second-order valence-corrected chi connectivity index (χ2v) is 7.68. The molecule has 0 saturated heterocycles. The zero-order chi connectivity index (χ0) is 18.4. The van der Waals surface area contributed by atoms with Gasteiger partial charge in [-0.25, -0.2) is 8.42 Å². The molecule has 7 heteroatoms. The number of amides is 1. The lowest BCUT2D eigenvalue weighted by atomic mass is 10.1. The van der Waals surface area contributed by atoms with Gasteiger partial charge in [0.15, 0.2) is 9.84 Å². The molecule has 0 aromatic heterocycles. The Labute approximate surface area is 146 Å². The van der Waals surface area contributed by atoms with Crippen LogP contribution >= 0.6 is 0 Å². The molecule has 25 heavy (non-hydrogen) atoms. The minimum Gasteiger partial charge on any atom is -0.545 e. The minimum atomic E-state index is -3.67. The number of sulfone groups is 1. The fraction of sp³-hybridized carbons (Fsp3) is 0.222. The number of hydrogen-bond donors (Lipinski definition) is 1. The van der Waals surface area contributed by atoms with Crippen LogP contribution in [-0.4, -0.2) is 26.0 Å². The molecule has 6 nitrogen and oxygen atoms in total. The number of aromatic carboxylic acids is 1. The number of carbonyl (C=O) groups is 2. The molecule has 0 aliphatic heterocycles. The molecule has 2 rings (SSSR count). The van der Waals surface area contributed by atoms with E-state index in [1.54, 1.807) is 12.1 Å². The van der Waals surface area contributed by atoms with Crippen molar-refractivity contribution in [2.24, 2.45) is 0 Å². The van der Waals surface area contributed by atoms with Crippen LogP contribution in [0.15, 0.2) is 48.5 Å². The quantitative estimate of drug-likeness (QED) is 0.798. The minimum absolute atomic E-state index is 0.0329. The maximum Gasteiger partial charge on any atom is 0.239 e. The third kappa shape index (κ3) is 5.72. The first-order chi connectivity index (χ1) is 11.8. The molecule has 0 aliphatic rings. The molecule has 0 aliphatic carbocycles. The summed E-state index contributed by atoms with van der Waals surface area (Å²) in [7, 11) is -3.67. The normalized spacial score (nSPS) is 11.1. The van der Waals surface area contributed by atoms with E-state index < -0.39 is 27.5 Å². The molecule has 2 aromatic rings. The number of carbonyl (C=O) groups excluding carboxylic acids is 2. The molecule has 0 fully saturated rings. The molecule has 0 bridgehead atoms. The lowest BCUT2D eigenvalue weighted by Gasteiger charge is -2.08. The second-order valence-electron chi connectivity index (χ2n) is 5.62. The number of carboxylic acid groups (broad SMARTS) is 1. The van der Waals surface area contributed by atoms with Crippen molar-refractivity contribution in [2.45, 2.75) is 19.1 Å². The lowest BCUT2D eigenvalue weighted by Crippen LogP contribution is -2.24. The molecular formula is C18H18NO5S-. The van der Waals surface area contributed by atoms with Crippen molar-refractivity contribution in [3.63, 3.8) is 0 Å². The summed E-state index contributed by atoms with van der Waals surface area (Å²) in [5, 5.41) is 13.2. The number of benzene rings is 2. The van der Waals surface area contributed by atoms with Gasteiger partial charge >= 0.3 is 0 Å². The molecule has 132 valence electrons. The molecule has 1 amide bonds. The first kappa shape index (κ1) is 18.7. The van der Waals surface area contributed by atoms with Crippen LogP contribution in [0.2, 0.25) is 0 Å². The summed E-state index contributed by atoms with van der Waals surface area (Å²) in [6.45, 7) is 2.01. The van der Waals surface area contributed by atoms with Gasteiger partial charge in [0, 0.05) is 5.69 Å². The van der Waals surface area contributed by atoms with E-state index in [1.165, 1.54) is 24.3 Å². The highest BCUT2D eigenvalue weighted by molar-refractivity contribution is 7.91. The van der Waals surface area contributed by atoms with Gasteiger partial charge in [0.25, 0.3) is 0 Å². The molecule has 0 radical (unpaired) electrons. The number of anilines is 1. The Hall–Kier alpha value is -2.67. The van der Waals surface area contributed by atoms with Crippen LogP contribution in [0, 0.1) is 0 Å². The Kier molecular flexibility index (Phi) is 5.93. The standard InChI is InChI=1S/C18H19NO5S/c1-2-13-5-9-16(10-6-13)19-17(20)12-25(23,24)11-14-3-7-15(8-4-14)18(21)22/h3-10H,2,11-12H2,1H3,(H,19,20)(H,21,22)/p-1. The summed E-state index contributed by atoms with van der Waals surface area (Å²) >= 11 is 0. The number of hydrogen-bond acceptors (Lipinski definition) is 5. The monoisotopic (exact) mass is 360 g/mol. The van der Waals surface area contributed by atoms with Crippen LogP contribution in [0.5, 0.6) is 0 Å². The van der Waals surface area contributed by atoms with E-state index in [-0.39, 0.29) is 11.3 Å². The van der Waals surface area contributed by atoms with Gasteiger partial charge < -0.3 is 15.2 Å². The molecule has 0 heterocycles. The van der Waals surface area contributed by atoms with Gasteiger partial charge in [-0.2, -0.15) is 0 Å². The number of carboxylic acids is 1. The average Bonchev–Trinajstić information content (AvgIpc) is 2.55. The lowest BCUT2D eigenvalue weighted by molar-refractivity contribution is -0.255. The summed E-state index contributed by atoms with van der Waals surface area (Å²) in [5.74, 6) is -2.94. The highest BCUT2D eigenvalue weighted by Crippen LogP contribution is 2.12. The van der Waals surface area contributed by atoms with Crippen LogP contribution in [-0.2, 0) is 26.8 Å². The topological polar surface area (TPSA) is 103 Å². The van der Waals surface area contributed by atoms with Crippen molar-refractivity contribution in [3.8, 4) is 0 Å². The van der Waals surface area contributed by atoms with E-state index in [0.29, 0.717) is 11.3 Å². The van der Waals surface area contributed by atoms with Crippen molar-refractivity contribution in [2.75, 3.05) is 11.1 Å². The predicted molar refractivity (Wildman–Crippen MR) is 92.7 cm³/mol. The van der Waals surface area contributed by atoms with Crippen LogP contribution in [0.4, 0.5) is 5.69 Å². The van der Waals surface area contributed by atoms with Crippen LogP contribution in [0.25, 0.3) is 0 Å². The maximum absolute atomic E-state index is 12.1. The van der Waals surface area contributed by atoms with Gasteiger partial charge in [-0.05, 0) is 35.2 Å². The largest absolute Gasteiger partial charge is 0.545 e. The van der Waals surface area contributed by atoms with E-state index in [1.807, 2.05) is 19.1 Å². The Bertz CT molecular complexity index is 855. The van der Waals surface area contributed by atoms with Crippen LogP contribution in [0.1, 0.15) is 28.4 Å². The molecular weight excluding hydrogens is 342 g/mol. The van der Waals surface area contributed by atoms with E-state index >= 15 is 0 Å². The number of aryl methyl sites for hydroxylation is 1. The Balaban J connectivity index is 1.97. The van der Waals surface area contributed by atoms with Crippen molar-refractivity contribution >= 4 is 27.4 Å². The van der Waals surface area contributed by atoms with Gasteiger partial charge in [0.05, 0.1) is 11.7 Å². The van der Waals surface area contributed by atoms with Crippen LogP contribution in [0.3, 0.4) is 0 Å². The Morgan fingerprint density at radius 2 is 1.52 bits per heavy atom. The molecule has 1 N–H and O–H groups in total. The summed E-state index contributed by atoms with van der Waals surface area (Å²) in [6, 6.07) is 12.5. The Morgan fingerprint density at radius 3 is 2.04 bits per heavy atom. The summed E-state index contributed by atoms with van der Waals surface area (Å²) < 4.78 is 24.3. The van der Waals surface area contributed by atoms with Crippen molar-refractivity contribution < 1.29 is 23.1 Å². The fourth-order valence-electron chi connectivity index (χ4n) is 2.26. The summed E-state index contributed by atoms with van der Waals surface area (Å²) in [4.78, 5) is 22.6. The fourth-order valence-corrected chi connectivity index (χ4v) is 3.54. The first-order valence-electron chi connectivity index (χ1n) is 7.68. The van der Waals surface area contributed by atoms with Crippen molar-refractivity contribution in [3.05, 3.63) is 65.2 Å². The average molecular weight is 360 g/mol. The first-order valence-corrected chi connectivity index (χ1v) is 9.50. The van der Waals surface area contributed by atoms with Gasteiger partial charge in [-0.3, -0.25) is 4.79 Å². The van der Waals surface area contributed by atoms with Crippen molar-refractivity contribution in [1.82, 2.24) is 0 Å². The Morgan fingerprint density at radius 1 is 0.960 bits per heavy atom. The molecule has 2 aromatic carbocycles. The molecule has 0 atom stereocenters. The third-order valence-corrected chi connectivity index (χ3v) is 5.05. The highest BCUT2D eigenvalue weighted by Gasteiger charge is 2.17. The zero-order valence-corrected chi connectivity index (χ0v) is 14.5. The molecule has 0 saturated carbocycles. The molecule has 0 unspecified atom stereocenters. The second kappa shape index (κ2) is 7.94. The highest BCUT2D eigenvalue weighted by atomic mass is 32.2. The van der Waals surface area contributed by atoms with Crippen LogP contribution < -0.4 is 10.4 Å². The number of rotatable bonds is 7. The molecule has 0 spiro atoms. The smallest absolute Gasteiger partial charge is 0.239 e. The van der Waals surface area contributed by atoms with Gasteiger partial charge in [0.1, 0.15) is 5.75 Å². The SMILES string of the molecule is CCc1ccc(NC(=O)CS(=O)(=O)Cc2ccc(C(=O)[O-])cc2)cc1.